The minimum absolute atomic E-state index is 0.128. The van der Waals surface area contributed by atoms with Crippen molar-refractivity contribution in [2.24, 2.45) is 0 Å². The second kappa shape index (κ2) is 5.59. The van der Waals surface area contributed by atoms with Crippen LogP contribution in [0.15, 0.2) is 24.3 Å². The molecule has 1 aromatic rings. The molecule has 1 aromatic carbocycles. The second-order valence-electron chi connectivity index (χ2n) is 4.51. The molecule has 0 bridgehead atoms. The molecule has 2 rings (SSSR count). The maximum atomic E-state index is 11.9. The molecule has 2 N–H and O–H groups in total. The van der Waals surface area contributed by atoms with Gasteiger partial charge in [0.15, 0.2) is 0 Å². The van der Waals surface area contributed by atoms with Crippen LogP contribution in [0.1, 0.15) is 13.3 Å². The number of aliphatic hydroxyl groups is 1. The minimum atomic E-state index is -0.538. The zero-order chi connectivity index (χ0) is 13.1. The lowest BCUT2D eigenvalue weighted by Crippen LogP contribution is -2.49. The first-order valence-corrected chi connectivity index (χ1v) is 6.43. The summed E-state index contributed by atoms with van der Waals surface area (Å²) in [6, 6.07) is 6.98. The second-order valence-corrected chi connectivity index (χ2v) is 4.95. The Morgan fingerprint density at radius 3 is 2.72 bits per heavy atom. The van der Waals surface area contributed by atoms with Crippen molar-refractivity contribution >= 4 is 23.2 Å². The monoisotopic (exact) mass is 268 g/mol. The molecular formula is C13H17ClN2O2. The van der Waals surface area contributed by atoms with Gasteiger partial charge < -0.3 is 15.3 Å². The van der Waals surface area contributed by atoms with Crippen molar-refractivity contribution < 1.29 is 9.90 Å². The summed E-state index contributed by atoms with van der Waals surface area (Å²) in [7, 11) is 0. The van der Waals surface area contributed by atoms with Gasteiger partial charge in [-0.25, -0.2) is 0 Å². The van der Waals surface area contributed by atoms with Gasteiger partial charge in [0.25, 0.3) is 0 Å². The van der Waals surface area contributed by atoms with E-state index in [9.17, 15) is 9.90 Å². The zero-order valence-electron chi connectivity index (χ0n) is 10.3. The Labute approximate surface area is 112 Å². The number of carbonyl (C=O) groups excluding carboxylic acids is 1. The molecule has 0 saturated carbocycles. The molecule has 0 radical (unpaired) electrons. The van der Waals surface area contributed by atoms with E-state index in [0.29, 0.717) is 11.6 Å². The van der Waals surface area contributed by atoms with E-state index in [-0.39, 0.29) is 18.6 Å². The maximum Gasteiger partial charge on any atom is 0.245 e. The van der Waals surface area contributed by atoms with Crippen LogP contribution in [0.2, 0.25) is 5.02 Å². The summed E-state index contributed by atoms with van der Waals surface area (Å²) < 4.78 is 0. The van der Waals surface area contributed by atoms with Gasteiger partial charge >= 0.3 is 0 Å². The van der Waals surface area contributed by atoms with Gasteiger partial charge in [0.1, 0.15) is 6.04 Å². The molecule has 2 atom stereocenters. The van der Waals surface area contributed by atoms with E-state index < -0.39 is 6.04 Å². The quantitative estimate of drug-likeness (QED) is 0.853. The maximum absolute atomic E-state index is 11.9. The fraction of sp³-hybridized carbons (Fsp3) is 0.462. The van der Waals surface area contributed by atoms with E-state index in [4.69, 9.17) is 11.6 Å². The molecule has 5 heteroatoms. The molecule has 4 nitrogen and oxygen atoms in total. The highest BCUT2D eigenvalue weighted by Crippen LogP contribution is 2.24. The van der Waals surface area contributed by atoms with Crippen LogP contribution in [0.5, 0.6) is 0 Å². The van der Waals surface area contributed by atoms with Crippen molar-refractivity contribution in [3.8, 4) is 0 Å². The first kappa shape index (κ1) is 13.2. The van der Waals surface area contributed by atoms with Gasteiger partial charge in [0.2, 0.25) is 5.91 Å². The molecule has 1 fully saturated rings. The number of anilines is 1. The van der Waals surface area contributed by atoms with Crippen LogP contribution in [-0.2, 0) is 4.79 Å². The largest absolute Gasteiger partial charge is 0.394 e. The number of hydrogen-bond donors (Lipinski definition) is 2. The fourth-order valence-corrected chi connectivity index (χ4v) is 2.44. The molecule has 0 aliphatic carbocycles. The summed E-state index contributed by atoms with van der Waals surface area (Å²) in [5.74, 6) is -0.128. The van der Waals surface area contributed by atoms with E-state index in [1.807, 2.05) is 17.0 Å². The highest BCUT2D eigenvalue weighted by atomic mass is 35.5. The summed E-state index contributed by atoms with van der Waals surface area (Å²) in [6.07, 6.45) is 0.852. The predicted octanol–water partition coefficient (Wildman–Crippen LogP) is 1.42. The Balaban J connectivity index is 2.35. The van der Waals surface area contributed by atoms with Crippen LogP contribution in [-0.4, -0.2) is 36.2 Å². The molecule has 98 valence electrons. The number of nitrogens with one attached hydrogen (secondary N) is 1. The molecule has 18 heavy (non-hydrogen) atoms. The number of halogens is 1. The molecule has 0 spiro atoms. The van der Waals surface area contributed by atoms with Crippen LogP contribution in [0.4, 0.5) is 5.69 Å². The van der Waals surface area contributed by atoms with Crippen molar-refractivity contribution in [1.82, 2.24) is 5.32 Å². The first-order valence-electron chi connectivity index (χ1n) is 6.06. The summed E-state index contributed by atoms with van der Waals surface area (Å²) in [4.78, 5) is 13.9. The first-order chi connectivity index (χ1) is 8.63. The summed E-state index contributed by atoms with van der Waals surface area (Å²) in [5.41, 5.74) is 0.906. The number of aliphatic hydroxyl groups excluding tert-OH is 1. The van der Waals surface area contributed by atoms with Gasteiger partial charge in [0, 0.05) is 23.3 Å². The van der Waals surface area contributed by atoms with Crippen molar-refractivity contribution in [3.05, 3.63) is 29.3 Å². The van der Waals surface area contributed by atoms with Crippen molar-refractivity contribution in [3.63, 3.8) is 0 Å². The molecule has 1 amide bonds. The Morgan fingerprint density at radius 2 is 2.11 bits per heavy atom. The summed E-state index contributed by atoms with van der Waals surface area (Å²) in [6.45, 7) is 2.50. The van der Waals surface area contributed by atoms with E-state index in [0.717, 1.165) is 12.1 Å². The molecule has 1 saturated heterocycles. The molecule has 1 aliphatic heterocycles. The average Bonchev–Trinajstić information content (AvgIpc) is 2.49. The minimum Gasteiger partial charge on any atom is -0.394 e. The summed E-state index contributed by atoms with van der Waals surface area (Å²) >= 11 is 5.87. The van der Waals surface area contributed by atoms with Crippen LogP contribution in [0.3, 0.4) is 0 Å². The van der Waals surface area contributed by atoms with E-state index in [1.54, 1.807) is 12.1 Å². The smallest absolute Gasteiger partial charge is 0.245 e. The van der Waals surface area contributed by atoms with Crippen molar-refractivity contribution in [2.75, 3.05) is 18.1 Å². The standard InChI is InChI=1S/C13H17ClN2O2/c1-9-6-7-15-13(18)12(8-17)16(9)11-4-2-10(14)3-5-11/h2-5,9,12,17H,6-8H2,1H3,(H,15,18). The highest BCUT2D eigenvalue weighted by Gasteiger charge is 2.31. The van der Waals surface area contributed by atoms with E-state index >= 15 is 0 Å². The average molecular weight is 269 g/mol. The van der Waals surface area contributed by atoms with Crippen LogP contribution in [0.25, 0.3) is 0 Å². The van der Waals surface area contributed by atoms with Crippen LogP contribution < -0.4 is 10.2 Å². The SMILES string of the molecule is CC1CCNC(=O)C(CO)N1c1ccc(Cl)cc1. The third-order valence-electron chi connectivity index (χ3n) is 3.27. The van der Waals surface area contributed by atoms with E-state index in [2.05, 4.69) is 12.2 Å². The number of carbonyl (C=O) groups is 1. The summed E-state index contributed by atoms with van der Waals surface area (Å²) in [5, 5.41) is 12.9. The zero-order valence-corrected chi connectivity index (χ0v) is 11.0. The van der Waals surface area contributed by atoms with Crippen molar-refractivity contribution in [1.29, 1.82) is 0 Å². The Morgan fingerprint density at radius 1 is 1.44 bits per heavy atom. The number of rotatable bonds is 2. The lowest BCUT2D eigenvalue weighted by atomic mass is 10.1. The molecule has 2 unspecified atom stereocenters. The van der Waals surface area contributed by atoms with Crippen LogP contribution >= 0.6 is 11.6 Å². The van der Waals surface area contributed by atoms with Gasteiger partial charge in [-0.15, -0.1) is 0 Å². The van der Waals surface area contributed by atoms with Gasteiger partial charge in [-0.05, 0) is 37.6 Å². The van der Waals surface area contributed by atoms with Gasteiger partial charge in [-0.1, -0.05) is 11.6 Å². The third kappa shape index (κ3) is 2.60. The lowest BCUT2D eigenvalue weighted by Gasteiger charge is -2.34. The van der Waals surface area contributed by atoms with Gasteiger partial charge in [-0.2, -0.15) is 0 Å². The van der Waals surface area contributed by atoms with Gasteiger partial charge in [0.05, 0.1) is 6.61 Å². The highest BCUT2D eigenvalue weighted by molar-refractivity contribution is 6.30. The van der Waals surface area contributed by atoms with Crippen molar-refractivity contribution in [2.45, 2.75) is 25.4 Å². The molecule has 1 heterocycles. The van der Waals surface area contributed by atoms with Crippen LogP contribution in [0, 0.1) is 0 Å². The normalized spacial score (nSPS) is 24.6. The lowest BCUT2D eigenvalue weighted by molar-refractivity contribution is -0.122. The topological polar surface area (TPSA) is 52.6 Å². The predicted molar refractivity (Wildman–Crippen MR) is 71.9 cm³/mol. The Hall–Kier alpha value is -1.26. The van der Waals surface area contributed by atoms with Gasteiger partial charge in [-0.3, -0.25) is 4.79 Å². The molecule has 0 aromatic heterocycles. The number of benzene rings is 1. The Kier molecular flexibility index (Phi) is 4.09. The molecular weight excluding hydrogens is 252 g/mol. The Bertz CT molecular complexity index is 422. The number of hydrogen-bond acceptors (Lipinski definition) is 3. The number of amides is 1. The fourth-order valence-electron chi connectivity index (χ4n) is 2.31. The third-order valence-corrected chi connectivity index (χ3v) is 3.52. The van der Waals surface area contributed by atoms with E-state index in [1.165, 1.54) is 0 Å². The molecule has 1 aliphatic rings. The number of nitrogens with zero attached hydrogens (tertiary/aromatic N) is 1.